The molecule has 2 rings (SSSR count). The summed E-state index contributed by atoms with van der Waals surface area (Å²) in [4.78, 5) is 18.1. The van der Waals surface area contributed by atoms with Gasteiger partial charge in [-0.15, -0.1) is 5.10 Å². The summed E-state index contributed by atoms with van der Waals surface area (Å²) in [7, 11) is 0. The second-order valence-electron chi connectivity index (χ2n) is 4.40. The first-order chi connectivity index (χ1) is 8.76. The number of rotatable bonds is 7. The molecule has 1 aliphatic rings. The summed E-state index contributed by atoms with van der Waals surface area (Å²) in [5, 5.41) is 6.86. The van der Waals surface area contributed by atoms with Gasteiger partial charge in [0.25, 0.3) is 5.91 Å². The zero-order chi connectivity index (χ0) is 13.0. The lowest BCUT2D eigenvalue weighted by molar-refractivity contribution is 0.0658. The van der Waals surface area contributed by atoms with Gasteiger partial charge < -0.3 is 9.64 Å². The summed E-state index contributed by atoms with van der Waals surface area (Å²) in [5.41, 5.74) is 0. The van der Waals surface area contributed by atoms with E-state index in [1.165, 1.54) is 0 Å². The monoisotopic (exact) mass is 252 g/mol. The molecule has 0 bridgehead atoms. The van der Waals surface area contributed by atoms with Gasteiger partial charge in [-0.1, -0.05) is 0 Å². The molecule has 0 atom stereocenters. The van der Waals surface area contributed by atoms with E-state index in [1.54, 1.807) is 4.90 Å². The van der Waals surface area contributed by atoms with Crippen LogP contribution in [0.2, 0.25) is 0 Å². The molecule has 1 aromatic heterocycles. The van der Waals surface area contributed by atoms with Gasteiger partial charge >= 0.3 is 0 Å². The third-order valence-electron chi connectivity index (χ3n) is 3.04. The first-order valence-corrected chi connectivity index (χ1v) is 6.55. The van der Waals surface area contributed by atoms with Crippen LogP contribution in [0.1, 0.15) is 49.1 Å². The number of carbonyl (C=O) groups excluding carboxylic acids is 1. The molecule has 6 nitrogen and oxygen atoms in total. The number of carbonyl (C=O) groups is 1. The standard InChI is InChI=1S/C12H20N4O2/c1-3-16(7-8-18-4-2)12(17)11-13-10(14-15-11)9-5-6-9/h9H,3-8H2,1-2H3,(H,13,14,15). The van der Waals surface area contributed by atoms with E-state index in [0.29, 0.717) is 32.2 Å². The molecule has 100 valence electrons. The van der Waals surface area contributed by atoms with Crippen LogP contribution in [0, 0.1) is 0 Å². The summed E-state index contributed by atoms with van der Waals surface area (Å²) in [6, 6.07) is 0. The summed E-state index contributed by atoms with van der Waals surface area (Å²) in [6.07, 6.45) is 2.29. The van der Waals surface area contributed by atoms with Crippen molar-refractivity contribution in [2.45, 2.75) is 32.6 Å². The van der Waals surface area contributed by atoms with Gasteiger partial charge in [-0.25, -0.2) is 4.98 Å². The number of hydrogen-bond donors (Lipinski definition) is 1. The minimum Gasteiger partial charge on any atom is -0.380 e. The van der Waals surface area contributed by atoms with E-state index in [1.807, 2.05) is 13.8 Å². The number of likely N-dealkylation sites (N-methyl/N-ethyl adjacent to an activating group) is 1. The topological polar surface area (TPSA) is 71.1 Å². The van der Waals surface area contributed by atoms with Gasteiger partial charge in [-0.3, -0.25) is 9.89 Å². The average Bonchev–Trinajstić information content (AvgIpc) is 3.12. The highest BCUT2D eigenvalue weighted by Crippen LogP contribution is 2.37. The molecular formula is C12H20N4O2. The van der Waals surface area contributed by atoms with E-state index in [-0.39, 0.29) is 11.7 Å². The molecular weight excluding hydrogens is 232 g/mol. The Hall–Kier alpha value is -1.43. The Bertz CT molecular complexity index is 401. The number of amides is 1. The first-order valence-electron chi connectivity index (χ1n) is 6.55. The lowest BCUT2D eigenvalue weighted by Crippen LogP contribution is -2.34. The maximum atomic E-state index is 12.2. The maximum absolute atomic E-state index is 12.2. The number of hydrogen-bond acceptors (Lipinski definition) is 4. The van der Waals surface area contributed by atoms with Gasteiger partial charge in [0.05, 0.1) is 6.61 Å². The quantitative estimate of drug-likeness (QED) is 0.740. The first kappa shape index (κ1) is 13.0. The van der Waals surface area contributed by atoms with Crippen LogP contribution in [0.3, 0.4) is 0 Å². The minimum atomic E-state index is -0.125. The van der Waals surface area contributed by atoms with Crippen LogP contribution in [-0.2, 0) is 4.74 Å². The van der Waals surface area contributed by atoms with Crippen molar-refractivity contribution in [3.05, 3.63) is 11.6 Å². The summed E-state index contributed by atoms with van der Waals surface area (Å²) in [6.45, 7) is 6.32. The maximum Gasteiger partial charge on any atom is 0.293 e. The zero-order valence-corrected chi connectivity index (χ0v) is 11.0. The Balaban J connectivity index is 1.93. The van der Waals surface area contributed by atoms with Crippen molar-refractivity contribution < 1.29 is 9.53 Å². The van der Waals surface area contributed by atoms with Crippen molar-refractivity contribution in [3.63, 3.8) is 0 Å². The third-order valence-corrected chi connectivity index (χ3v) is 3.04. The Kier molecular flexibility index (Phi) is 4.30. The van der Waals surface area contributed by atoms with Crippen molar-refractivity contribution in [2.75, 3.05) is 26.3 Å². The Labute approximate surface area is 107 Å². The zero-order valence-electron chi connectivity index (χ0n) is 11.0. The predicted octanol–water partition coefficient (Wildman–Crippen LogP) is 1.18. The summed E-state index contributed by atoms with van der Waals surface area (Å²) >= 11 is 0. The highest BCUT2D eigenvalue weighted by molar-refractivity contribution is 5.90. The minimum absolute atomic E-state index is 0.125. The number of nitrogens with zero attached hydrogens (tertiary/aromatic N) is 3. The molecule has 0 spiro atoms. The van der Waals surface area contributed by atoms with E-state index >= 15 is 0 Å². The smallest absolute Gasteiger partial charge is 0.293 e. The van der Waals surface area contributed by atoms with Gasteiger partial charge in [-0.2, -0.15) is 0 Å². The van der Waals surface area contributed by atoms with E-state index in [2.05, 4.69) is 15.2 Å². The molecule has 18 heavy (non-hydrogen) atoms. The van der Waals surface area contributed by atoms with Crippen LogP contribution in [-0.4, -0.2) is 52.3 Å². The number of H-pyrrole nitrogens is 1. The highest BCUT2D eigenvalue weighted by atomic mass is 16.5. The van der Waals surface area contributed by atoms with Crippen molar-refractivity contribution in [2.24, 2.45) is 0 Å². The number of nitrogens with one attached hydrogen (secondary N) is 1. The van der Waals surface area contributed by atoms with Crippen LogP contribution in [0.5, 0.6) is 0 Å². The molecule has 1 heterocycles. The normalized spacial score (nSPS) is 14.8. The molecule has 0 aliphatic heterocycles. The lowest BCUT2D eigenvalue weighted by Gasteiger charge is -2.18. The van der Waals surface area contributed by atoms with Crippen LogP contribution in [0.4, 0.5) is 0 Å². The molecule has 0 aromatic carbocycles. The molecule has 1 aliphatic carbocycles. The van der Waals surface area contributed by atoms with Gasteiger partial charge in [0.2, 0.25) is 5.82 Å². The summed E-state index contributed by atoms with van der Waals surface area (Å²) < 4.78 is 5.26. The largest absolute Gasteiger partial charge is 0.380 e. The van der Waals surface area contributed by atoms with Gasteiger partial charge in [0.1, 0.15) is 5.82 Å². The molecule has 0 unspecified atom stereocenters. The second kappa shape index (κ2) is 5.95. The van der Waals surface area contributed by atoms with E-state index in [9.17, 15) is 4.79 Å². The molecule has 0 saturated heterocycles. The highest BCUT2D eigenvalue weighted by Gasteiger charge is 2.28. The Morgan fingerprint density at radius 2 is 2.28 bits per heavy atom. The van der Waals surface area contributed by atoms with Crippen LogP contribution in [0.25, 0.3) is 0 Å². The second-order valence-corrected chi connectivity index (χ2v) is 4.40. The molecule has 1 N–H and O–H groups in total. The van der Waals surface area contributed by atoms with Gasteiger partial charge in [-0.05, 0) is 26.7 Å². The number of aromatic amines is 1. The van der Waals surface area contributed by atoms with Crippen molar-refractivity contribution in [3.8, 4) is 0 Å². The molecule has 1 amide bonds. The average molecular weight is 252 g/mol. The third kappa shape index (κ3) is 3.07. The van der Waals surface area contributed by atoms with Crippen LogP contribution < -0.4 is 0 Å². The lowest BCUT2D eigenvalue weighted by atomic mass is 10.4. The molecule has 0 radical (unpaired) electrons. The fourth-order valence-corrected chi connectivity index (χ4v) is 1.77. The number of ether oxygens (including phenoxy) is 1. The van der Waals surface area contributed by atoms with Crippen molar-refractivity contribution in [1.29, 1.82) is 0 Å². The molecule has 1 aromatic rings. The number of aromatic nitrogens is 3. The van der Waals surface area contributed by atoms with E-state index in [4.69, 9.17) is 4.74 Å². The molecule has 6 heteroatoms. The van der Waals surface area contributed by atoms with Gasteiger partial charge in [0.15, 0.2) is 0 Å². The van der Waals surface area contributed by atoms with E-state index in [0.717, 1.165) is 18.7 Å². The van der Waals surface area contributed by atoms with Crippen molar-refractivity contribution in [1.82, 2.24) is 20.1 Å². The van der Waals surface area contributed by atoms with Gasteiger partial charge in [0, 0.05) is 25.6 Å². The van der Waals surface area contributed by atoms with E-state index < -0.39 is 0 Å². The molecule has 1 saturated carbocycles. The molecule has 1 fully saturated rings. The van der Waals surface area contributed by atoms with Crippen molar-refractivity contribution >= 4 is 5.91 Å². The van der Waals surface area contributed by atoms with Crippen LogP contribution >= 0.6 is 0 Å². The Morgan fingerprint density at radius 1 is 1.50 bits per heavy atom. The Morgan fingerprint density at radius 3 is 2.89 bits per heavy atom. The van der Waals surface area contributed by atoms with Crippen LogP contribution in [0.15, 0.2) is 0 Å². The SMILES string of the molecule is CCOCCN(CC)C(=O)c1n[nH]c(C2CC2)n1. The fourth-order valence-electron chi connectivity index (χ4n) is 1.77. The fraction of sp³-hybridized carbons (Fsp3) is 0.750. The predicted molar refractivity (Wildman–Crippen MR) is 66.4 cm³/mol. The summed E-state index contributed by atoms with van der Waals surface area (Å²) in [5.74, 6) is 1.48.